The molecule has 4 nitrogen and oxygen atoms in total. The maximum Gasteiger partial charge on any atom is 0.255 e. The highest BCUT2D eigenvalue weighted by atomic mass is 16.5. The molecule has 0 bridgehead atoms. The highest BCUT2D eigenvalue weighted by Crippen LogP contribution is 2.16. The van der Waals surface area contributed by atoms with Gasteiger partial charge in [-0.3, -0.25) is 4.79 Å². The number of benzene rings is 3. The molecule has 1 amide bonds. The van der Waals surface area contributed by atoms with Gasteiger partial charge in [-0.2, -0.15) is 0 Å². The SMILES string of the molecule is Cc1ccc(NC(=O)c2ccc(OCCCCOc3cccc(C)c3)cc2)cc1. The van der Waals surface area contributed by atoms with E-state index in [1.54, 1.807) is 12.1 Å². The van der Waals surface area contributed by atoms with Gasteiger partial charge in [0.1, 0.15) is 11.5 Å². The summed E-state index contributed by atoms with van der Waals surface area (Å²) < 4.78 is 11.5. The summed E-state index contributed by atoms with van der Waals surface area (Å²) >= 11 is 0. The average molecular weight is 389 g/mol. The van der Waals surface area contributed by atoms with Crippen molar-refractivity contribution in [3.63, 3.8) is 0 Å². The molecule has 0 unspecified atom stereocenters. The predicted molar refractivity (Wildman–Crippen MR) is 117 cm³/mol. The predicted octanol–water partition coefficient (Wildman–Crippen LogP) is 5.79. The second kappa shape index (κ2) is 10.3. The number of hydrogen-bond donors (Lipinski definition) is 1. The molecule has 0 atom stereocenters. The van der Waals surface area contributed by atoms with E-state index in [-0.39, 0.29) is 5.91 Å². The molecule has 0 saturated carbocycles. The molecule has 4 heteroatoms. The van der Waals surface area contributed by atoms with Gasteiger partial charge >= 0.3 is 0 Å². The van der Waals surface area contributed by atoms with Crippen LogP contribution in [-0.4, -0.2) is 19.1 Å². The van der Waals surface area contributed by atoms with Gasteiger partial charge in [-0.05, 0) is 80.8 Å². The average Bonchev–Trinajstić information content (AvgIpc) is 2.73. The zero-order chi connectivity index (χ0) is 20.5. The molecule has 0 radical (unpaired) electrons. The highest BCUT2D eigenvalue weighted by Gasteiger charge is 2.06. The van der Waals surface area contributed by atoms with Crippen LogP contribution in [0.25, 0.3) is 0 Å². The lowest BCUT2D eigenvalue weighted by Crippen LogP contribution is -2.11. The van der Waals surface area contributed by atoms with Gasteiger partial charge in [-0.15, -0.1) is 0 Å². The first-order valence-corrected chi connectivity index (χ1v) is 9.90. The number of nitrogens with one attached hydrogen (secondary N) is 1. The van der Waals surface area contributed by atoms with Gasteiger partial charge in [0.2, 0.25) is 0 Å². The number of unbranched alkanes of at least 4 members (excludes halogenated alkanes) is 1. The van der Waals surface area contributed by atoms with Crippen LogP contribution in [0.2, 0.25) is 0 Å². The molecule has 1 N–H and O–H groups in total. The monoisotopic (exact) mass is 389 g/mol. The van der Waals surface area contributed by atoms with Gasteiger partial charge in [-0.1, -0.05) is 29.8 Å². The Labute approximate surface area is 172 Å². The van der Waals surface area contributed by atoms with Crippen molar-refractivity contribution in [1.29, 1.82) is 0 Å². The highest BCUT2D eigenvalue weighted by molar-refractivity contribution is 6.04. The van der Waals surface area contributed by atoms with Crippen LogP contribution in [0.15, 0.2) is 72.8 Å². The quantitative estimate of drug-likeness (QED) is 0.471. The molecule has 0 aromatic heterocycles. The van der Waals surface area contributed by atoms with Crippen molar-refractivity contribution >= 4 is 11.6 Å². The lowest BCUT2D eigenvalue weighted by atomic mass is 10.2. The first kappa shape index (κ1) is 20.5. The van der Waals surface area contributed by atoms with E-state index in [0.717, 1.165) is 35.6 Å². The summed E-state index contributed by atoms with van der Waals surface area (Å²) in [5.41, 5.74) is 3.74. The number of amides is 1. The molecule has 0 heterocycles. The number of anilines is 1. The van der Waals surface area contributed by atoms with Crippen LogP contribution in [0.4, 0.5) is 5.69 Å². The molecule has 29 heavy (non-hydrogen) atoms. The fourth-order valence-electron chi connectivity index (χ4n) is 2.83. The van der Waals surface area contributed by atoms with Gasteiger partial charge in [-0.25, -0.2) is 0 Å². The van der Waals surface area contributed by atoms with Gasteiger partial charge in [0, 0.05) is 11.3 Å². The molecule has 0 saturated heterocycles. The number of carbonyl (C=O) groups excluding carboxylic acids is 1. The van der Waals surface area contributed by atoms with Gasteiger partial charge in [0.15, 0.2) is 0 Å². The Morgan fingerprint density at radius 1 is 0.759 bits per heavy atom. The van der Waals surface area contributed by atoms with Crippen molar-refractivity contribution in [2.45, 2.75) is 26.7 Å². The van der Waals surface area contributed by atoms with Crippen LogP contribution < -0.4 is 14.8 Å². The van der Waals surface area contributed by atoms with E-state index in [2.05, 4.69) is 18.3 Å². The third kappa shape index (κ3) is 6.68. The van der Waals surface area contributed by atoms with E-state index < -0.39 is 0 Å². The van der Waals surface area contributed by atoms with Crippen LogP contribution in [0.5, 0.6) is 11.5 Å². The van der Waals surface area contributed by atoms with Crippen molar-refractivity contribution in [3.05, 3.63) is 89.5 Å². The zero-order valence-electron chi connectivity index (χ0n) is 17.0. The van der Waals surface area contributed by atoms with Gasteiger partial charge in [0.25, 0.3) is 5.91 Å². The third-order valence-electron chi connectivity index (χ3n) is 4.49. The van der Waals surface area contributed by atoms with Gasteiger partial charge in [0.05, 0.1) is 13.2 Å². The Hall–Kier alpha value is -3.27. The van der Waals surface area contributed by atoms with E-state index in [1.165, 1.54) is 5.56 Å². The molecule has 3 aromatic carbocycles. The molecule has 0 spiro atoms. The lowest BCUT2D eigenvalue weighted by molar-refractivity contribution is 0.102. The fourth-order valence-corrected chi connectivity index (χ4v) is 2.83. The van der Waals surface area contributed by atoms with Crippen LogP contribution in [-0.2, 0) is 0 Å². The first-order chi connectivity index (χ1) is 14.1. The molecule has 0 aliphatic carbocycles. The second-order valence-electron chi connectivity index (χ2n) is 7.07. The minimum atomic E-state index is -0.131. The maximum atomic E-state index is 12.3. The van der Waals surface area contributed by atoms with Crippen molar-refractivity contribution in [1.82, 2.24) is 0 Å². The minimum Gasteiger partial charge on any atom is -0.494 e. The largest absolute Gasteiger partial charge is 0.494 e. The summed E-state index contributed by atoms with van der Waals surface area (Å²) in [4.78, 5) is 12.3. The smallest absolute Gasteiger partial charge is 0.255 e. The van der Waals surface area contributed by atoms with E-state index in [9.17, 15) is 4.79 Å². The first-order valence-electron chi connectivity index (χ1n) is 9.90. The van der Waals surface area contributed by atoms with Crippen LogP contribution in [0, 0.1) is 13.8 Å². The van der Waals surface area contributed by atoms with Crippen LogP contribution in [0.3, 0.4) is 0 Å². The fraction of sp³-hybridized carbons (Fsp3) is 0.240. The lowest BCUT2D eigenvalue weighted by Gasteiger charge is -2.09. The molecular formula is C25H27NO3. The summed E-state index contributed by atoms with van der Waals surface area (Å²) in [6, 6.07) is 23.0. The Bertz CT molecular complexity index is 918. The van der Waals surface area contributed by atoms with E-state index in [1.807, 2.05) is 61.5 Å². The van der Waals surface area contributed by atoms with Crippen molar-refractivity contribution in [2.24, 2.45) is 0 Å². The number of rotatable bonds is 9. The Morgan fingerprint density at radius 2 is 1.41 bits per heavy atom. The zero-order valence-corrected chi connectivity index (χ0v) is 17.0. The normalized spacial score (nSPS) is 10.4. The number of ether oxygens (including phenoxy) is 2. The summed E-state index contributed by atoms with van der Waals surface area (Å²) in [7, 11) is 0. The summed E-state index contributed by atoms with van der Waals surface area (Å²) in [5.74, 6) is 1.54. The maximum absolute atomic E-state index is 12.3. The molecule has 0 aliphatic heterocycles. The minimum absolute atomic E-state index is 0.131. The Kier molecular flexibility index (Phi) is 7.28. The van der Waals surface area contributed by atoms with Crippen LogP contribution in [0.1, 0.15) is 34.3 Å². The second-order valence-corrected chi connectivity index (χ2v) is 7.07. The van der Waals surface area contributed by atoms with Crippen molar-refractivity contribution in [2.75, 3.05) is 18.5 Å². The van der Waals surface area contributed by atoms with Crippen LogP contribution >= 0.6 is 0 Å². The standard InChI is InChI=1S/C25H27NO3/c1-19-8-12-22(13-9-19)26-25(27)21-10-14-23(15-11-21)28-16-3-4-17-29-24-7-5-6-20(2)18-24/h5-15,18H,3-4,16-17H2,1-2H3,(H,26,27). The number of hydrogen-bond acceptors (Lipinski definition) is 3. The Balaban J connectivity index is 1.36. The summed E-state index contributed by atoms with van der Waals surface area (Å²) in [6.07, 6.45) is 1.83. The molecule has 0 aliphatic rings. The topological polar surface area (TPSA) is 47.6 Å². The molecule has 3 aromatic rings. The molecule has 0 fully saturated rings. The van der Waals surface area contributed by atoms with E-state index in [0.29, 0.717) is 18.8 Å². The van der Waals surface area contributed by atoms with Crippen molar-refractivity contribution < 1.29 is 14.3 Å². The van der Waals surface area contributed by atoms with E-state index >= 15 is 0 Å². The number of aryl methyl sites for hydroxylation is 2. The molecule has 150 valence electrons. The Morgan fingerprint density at radius 3 is 2.07 bits per heavy atom. The summed E-state index contributed by atoms with van der Waals surface area (Å²) in [6.45, 7) is 5.36. The molecular weight excluding hydrogens is 362 g/mol. The third-order valence-corrected chi connectivity index (χ3v) is 4.49. The summed E-state index contributed by atoms with van der Waals surface area (Å²) in [5, 5.41) is 2.89. The van der Waals surface area contributed by atoms with E-state index in [4.69, 9.17) is 9.47 Å². The molecule has 3 rings (SSSR count). The van der Waals surface area contributed by atoms with Crippen molar-refractivity contribution in [3.8, 4) is 11.5 Å². The number of carbonyl (C=O) groups is 1. The van der Waals surface area contributed by atoms with Gasteiger partial charge < -0.3 is 14.8 Å².